The summed E-state index contributed by atoms with van der Waals surface area (Å²) in [6.45, 7) is 5.29. The Labute approximate surface area is 103 Å². The topological polar surface area (TPSA) is 29.1 Å². The summed E-state index contributed by atoms with van der Waals surface area (Å²) < 4.78 is 13.5. The van der Waals surface area contributed by atoms with Gasteiger partial charge in [-0.2, -0.15) is 0 Å². The van der Waals surface area contributed by atoms with Crippen molar-refractivity contribution < 1.29 is 9.18 Å². The molecule has 0 spiro atoms. The second kappa shape index (κ2) is 5.80. The SMILES string of the molecule is C=CCCC(=O)Nc1cc(Br)c(F)cc1C. The van der Waals surface area contributed by atoms with Gasteiger partial charge in [0.2, 0.25) is 5.91 Å². The fourth-order valence-electron chi connectivity index (χ4n) is 1.23. The van der Waals surface area contributed by atoms with Gasteiger partial charge in [-0.3, -0.25) is 4.79 Å². The molecule has 0 radical (unpaired) electrons. The van der Waals surface area contributed by atoms with Crippen LogP contribution in [0.2, 0.25) is 0 Å². The maximum Gasteiger partial charge on any atom is 0.224 e. The van der Waals surface area contributed by atoms with Gasteiger partial charge in [-0.05, 0) is 47.0 Å². The third kappa shape index (κ3) is 3.45. The number of rotatable bonds is 4. The molecule has 0 bridgehead atoms. The van der Waals surface area contributed by atoms with Gasteiger partial charge in [0.05, 0.1) is 4.47 Å². The number of aryl methyl sites for hydroxylation is 1. The Balaban J connectivity index is 2.77. The number of hydrogen-bond donors (Lipinski definition) is 1. The van der Waals surface area contributed by atoms with Crippen molar-refractivity contribution in [3.63, 3.8) is 0 Å². The normalized spacial score (nSPS) is 9.94. The van der Waals surface area contributed by atoms with E-state index < -0.39 is 0 Å². The van der Waals surface area contributed by atoms with Gasteiger partial charge < -0.3 is 5.32 Å². The highest BCUT2D eigenvalue weighted by molar-refractivity contribution is 9.10. The zero-order chi connectivity index (χ0) is 12.1. The summed E-state index contributed by atoms with van der Waals surface area (Å²) in [6, 6.07) is 2.95. The Morgan fingerprint density at radius 2 is 2.31 bits per heavy atom. The van der Waals surface area contributed by atoms with E-state index >= 15 is 0 Å². The van der Waals surface area contributed by atoms with Gasteiger partial charge >= 0.3 is 0 Å². The Hall–Kier alpha value is -1.16. The second-order valence-corrected chi connectivity index (χ2v) is 4.31. The number of hydrogen-bond acceptors (Lipinski definition) is 1. The van der Waals surface area contributed by atoms with Crippen LogP contribution in [0.25, 0.3) is 0 Å². The summed E-state index contributed by atoms with van der Waals surface area (Å²) in [6.07, 6.45) is 2.71. The Morgan fingerprint density at radius 1 is 1.62 bits per heavy atom. The molecule has 1 aromatic rings. The van der Waals surface area contributed by atoms with E-state index in [-0.39, 0.29) is 11.7 Å². The van der Waals surface area contributed by atoms with Crippen molar-refractivity contribution in [2.75, 3.05) is 5.32 Å². The fraction of sp³-hybridized carbons (Fsp3) is 0.250. The van der Waals surface area contributed by atoms with Crippen molar-refractivity contribution in [2.24, 2.45) is 0 Å². The first-order valence-electron chi connectivity index (χ1n) is 4.91. The zero-order valence-corrected chi connectivity index (χ0v) is 10.6. The molecule has 86 valence electrons. The molecule has 0 aliphatic heterocycles. The third-order valence-electron chi connectivity index (χ3n) is 2.12. The summed E-state index contributed by atoms with van der Waals surface area (Å²) >= 11 is 3.08. The number of allylic oxidation sites excluding steroid dienone is 1. The average Bonchev–Trinajstić information content (AvgIpc) is 2.23. The Bertz CT molecular complexity index is 418. The molecule has 1 N–H and O–H groups in total. The standard InChI is InChI=1S/C12H13BrFNO/c1-3-4-5-12(16)15-11-7-9(13)10(14)6-8(11)2/h3,6-7H,1,4-5H2,2H3,(H,15,16). The minimum atomic E-state index is -0.332. The molecule has 0 saturated heterocycles. The van der Waals surface area contributed by atoms with E-state index in [4.69, 9.17) is 0 Å². The lowest BCUT2D eigenvalue weighted by atomic mass is 10.2. The molecular formula is C12H13BrFNO. The van der Waals surface area contributed by atoms with Crippen LogP contribution in [-0.2, 0) is 4.79 Å². The molecule has 0 fully saturated rings. The molecule has 0 unspecified atom stereocenters. The van der Waals surface area contributed by atoms with Crippen LogP contribution in [0.3, 0.4) is 0 Å². The number of nitrogens with one attached hydrogen (secondary N) is 1. The average molecular weight is 286 g/mol. The minimum Gasteiger partial charge on any atom is -0.326 e. The first kappa shape index (κ1) is 12.9. The van der Waals surface area contributed by atoms with Crippen molar-refractivity contribution in [3.05, 3.63) is 40.6 Å². The van der Waals surface area contributed by atoms with E-state index in [1.165, 1.54) is 6.07 Å². The second-order valence-electron chi connectivity index (χ2n) is 3.46. The van der Waals surface area contributed by atoms with Crippen LogP contribution in [0.4, 0.5) is 10.1 Å². The monoisotopic (exact) mass is 285 g/mol. The summed E-state index contributed by atoms with van der Waals surface area (Å²) in [5, 5.41) is 2.73. The lowest BCUT2D eigenvalue weighted by Crippen LogP contribution is -2.11. The zero-order valence-electron chi connectivity index (χ0n) is 9.02. The molecule has 0 saturated carbocycles. The third-order valence-corrected chi connectivity index (χ3v) is 2.72. The largest absolute Gasteiger partial charge is 0.326 e. The van der Waals surface area contributed by atoms with Crippen molar-refractivity contribution in [2.45, 2.75) is 19.8 Å². The Morgan fingerprint density at radius 3 is 2.94 bits per heavy atom. The maximum atomic E-state index is 13.1. The molecule has 1 rings (SSSR count). The summed E-state index contributed by atoms with van der Waals surface area (Å²) in [5.41, 5.74) is 1.33. The quantitative estimate of drug-likeness (QED) is 0.838. The summed E-state index contributed by atoms with van der Waals surface area (Å²) in [7, 11) is 0. The van der Waals surface area contributed by atoms with E-state index in [2.05, 4.69) is 27.8 Å². The lowest BCUT2D eigenvalue weighted by molar-refractivity contribution is -0.116. The Kier molecular flexibility index (Phi) is 4.68. The van der Waals surface area contributed by atoms with Crippen molar-refractivity contribution in [1.29, 1.82) is 0 Å². The predicted molar refractivity (Wildman–Crippen MR) is 66.9 cm³/mol. The smallest absolute Gasteiger partial charge is 0.224 e. The van der Waals surface area contributed by atoms with Crippen LogP contribution in [0.5, 0.6) is 0 Å². The van der Waals surface area contributed by atoms with Gasteiger partial charge in [-0.25, -0.2) is 4.39 Å². The van der Waals surface area contributed by atoms with Crippen LogP contribution in [0.1, 0.15) is 18.4 Å². The first-order chi connectivity index (χ1) is 7.54. The fourth-order valence-corrected chi connectivity index (χ4v) is 1.57. The van der Waals surface area contributed by atoms with Crippen molar-refractivity contribution >= 4 is 27.5 Å². The molecule has 0 heterocycles. The van der Waals surface area contributed by atoms with E-state index in [0.29, 0.717) is 28.6 Å². The predicted octanol–water partition coefficient (Wildman–Crippen LogP) is 3.80. The van der Waals surface area contributed by atoms with Crippen LogP contribution < -0.4 is 5.32 Å². The van der Waals surface area contributed by atoms with Crippen molar-refractivity contribution in [3.8, 4) is 0 Å². The maximum absolute atomic E-state index is 13.1. The molecule has 16 heavy (non-hydrogen) atoms. The molecule has 0 aliphatic rings. The number of amides is 1. The molecule has 0 aromatic heterocycles. The van der Waals surface area contributed by atoms with Crippen LogP contribution in [-0.4, -0.2) is 5.91 Å². The molecule has 2 nitrogen and oxygen atoms in total. The van der Waals surface area contributed by atoms with Gasteiger partial charge in [0.1, 0.15) is 5.82 Å². The number of anilines is 1. The van der Waals surface area contributed by atoms with Gasteiger partial charge in [0, 0.05) is 12.1 Å². The first-order valence-corrected chi connectivity index (χ1v) is 5.70. The number of carbonyl (C=O) groups is 1. The molecule has 1 aromatic carbocycles. The van der Waals surface area contributed by atoms with Crippen LogP contribution in [0, 0.1) is 12.7 Å². The molecule has 4 heteroatoms. The molecule has 0 atom stereocenters. The highest BCUT2D eigenvalue weighted by atomic mass is 79.9. The number of halogens is 2. The number of benzene rings is 1. The number of carbonyl (C=O) groups excluding carboxylic acids is 1. The highest BCUT2D eigenvalue weighted by Gasteiger charge is 2.07. The van der Waals surface area contributed by atoms with E-state index in [1.807, 2.05) is 0 Å². The van der Waals surface area contributed by atoms with Crippen LogP contribution in [0.15, 0.2) is 29.3 Å². The van der Waals surface area contributed by atoms with E-state index in [1.54, 1.807) is 19.1 Å². The summed E-state index contributed by atoms with van der Waals surface area (Å²) in [5.74, 6) is -0.428. The van der Waals surface area contributed by atoms with E-state index in [0.717, 1.165) is 0 Å². The molecular weight excluding hydrogens is 273 g/mol. The lowest BCUT2D eigenvalue weighted by Gasteiger charge is -2.09. The molecule has 0 aliphatic carbocycles. The van der Waals surface area contributed by atoms with Crippen LogP contribution >= 0.6 is 15.9 Å². The minimum absolute atomic E-state index is 0.0958. The van der Waals surface area contributed by atoms with Gasteiger partial charge in [-0.1, -0.05) is 6.08 Å². The van der Waals surface area contributed by atoms with Gasteiger partial charge in [0.15, 0.2) is 0 Å². The van der Waals surface area contributed by atoms with Gasteiger partial charge in [0.25, 0.3) is 0 Å². The van der Waals surface area contributed by atoms with E-state index in [9.17, 15) is 9.18 Å². The van der Waals surface area contributed by atoms with Gasteiger partial charge in [-0.15, -0.1) is 6.58 Å². The summed E-state index contributed by atoms with van der Waals surface area (Å²) in [4.78, 5) is 11.5. The van der Waals surface area contributed by atoms with Crippen molar-refractivity contribution in [1.82, 2.24) is 0 Å². The molecule has 1 amide bonds. The highest BCUT2D eigenvalue weighted by Crippen LogP contribution is 2.24.